The summed E-state index contributed by atoms with van der Waals surface area (Å²) in [6.07, 6.45) is 17.9. The van der Waals surface area contributed by atoms with Crippen LogP contribution in [0.3, 0.4) is 0 Å². The van der Waals surface area contributed by atoms with Crippen LogP contribution in [0.15, 0.2) is 60.3 Å². The van der Waals surface area contributed by atoms with Gasteiger partial charge in [0.2, 0.25) is 0 Å². The molecule has 2 rings (SSSR count). The number of benzene rings is 2. The van der Waals surface area contributed by atoms with E-state index in [1.54, 1.807) is 42.5 Å². The van der Waals surface area contributed by atoms with Crippen molar-refractivity contribution in [2.45, 2.75) is 104 Å². The predicted molar refractivity (Wildman–Crippen MR) is 168 cm³/mol. The molecule has 0 radical (unpaired) electrons. The second kappa shape index (κ2) is 20.4. The lowest BCUT2D eigenvalue weighted by atomic mass is 10.1. The lowest BCUT2D eigenvalue weighted by molar-refractivity contribution is -0.384. The van der Waals surface area contributed by atoms with E-state index in [1.807, 2.05) is 11.0 Å². The maximum absolute atomic E-state index is 13.9. The molecule has 41 heavy (non-hydrogen) atoms. The van der Waals surface area contributed by atoms with Gasteiger partial charge in [-0.05, 0) is 48.7 Å². The fourth-order valence-electron chi connectivity index (χ4n) is 4.80. The van der Waals surface area contributed by atoms with Crippen molar-refractivity contribution in [3.05, 3.63) is 81.5 Å². The quantitative estimate of drug-likeness (QED) is 0.0711. The van der Waals surface area contributed by atoms with Crippen LogP contribution in [0.2, 0.25) is 0 Å². The SMILES string of the molecule is CCCCCCCCCN(CCCCCCCCC)C(=O)/C(=C/c1ccc([N+](=O)[O-])cc1)NC(=O)c1ccccc1. The molecule has 0 aliphatic rings. The van der Waals surface area contributed by atoms with Crippen molar-refractivity contribution in [2.75, 3.05) is 13.1 Å². The number of amides is 2. The number of hydrogen-bond acceptors (Lipinski definition) is 4. The molecule has 0 aliphatic heterocycles. The molecule has 7 nitrogen and oxygen atoms in total. The minimum Gasteiger partial charge on any atom is -0.337 e. The molecule has 0 spiro atoms. The molecule has 224 valence electrons. The summed E-state index contributed by atoms with van der Waals surface area (Å²) < 4.78 is 0. The zero-order valence-electron chi connectivity index (χ0n) is 25.1. The van der Waals surface area contributed by atoms with Crippen LogP contribution >= 0.6 is 0 Å². The Balaban J connectivity index is 2.19. The largest absolute Gasteiger partial charge is 0.337 e. The maximum atomic E-state index is 13.9. The molecule has 0 saturated heterocycles. The van der Waals surface area contributed by atoms with Crippen LogP contribution in [-0.4, -0.2) is 34.7 Å². The first-order valence-corrected chi connectivity index (χ1v) is 15.6. The Morgan fingerprint density at radius 3 is 1.71 bits per heavy atom. The Morgan fingerprint density at radius 2 is 1.22 bits per heavy atom. The van der Waals surface area contributed by atoms with Gasteiger partial charge in [0.1, 0.15) is 5.70 Å². The number of rotatable bonds is 21. The van der Waals surface area contributed by atoms with Gasteiger partial charge in [0.05, 0.1) is 4.92 Å². The lowest BCUT2D eigenvalue weighted by Crippen LogP contribution is -2.39. The molecular weight excluding hydrogens is 514 g/mol. The number of hydrogen-bond donors (Lipinski definition) is 1. The van der Waals surface area contributed by atoms with Crippen LogP contribution in [0.5, 0.6) is 0 Å². The Bertz CT molecular complexity index is 1050. The fraction of sp³-hybridized carbons (Fsp3) is 0.529. The first-order valence-electron chi connectivity index (χ1n) is 15.6. The third-order valence-electron chi connectivity index (χ3n) is 7.28. The van der Waals surface area contributed by atoms with E-state index in [0.29, 0.717) is 24.2 Å². The van der Waals surface area contributed by atoms with Gasteiger partial charge in [-0.2, -0.15) is 0 Å². The van der Waals surface area contributed by atoms with Gasteiger partial charge in [-0.15, -0.1) is 0 Å². The lowest BCUT2D eigenvalue weighted by Gasteiger charge is -2.24. The summed E-state index contributed by atoms with van der Waals surface area (Å²) in [5, 5.41) is 14.0. The van der Waals surface area contributed by atoms with E-state index in [1.165, 1.54) is 63.5 Å². The summed E-state index contributed by atoms with van der Waals surface area (Å²) in [6.45, 7) is 5.71. The molecule has 0 aliphatic carbocycles. The van der Waals surface area contributed by atoms with Crippen molar-refractivity contribution >= 4 is 23.6 Å². The number of unbranched alkanes of at least 4 members (excludes halogenated alkanes) is 12. The molecule has 0 aromatic heterocycles. The number of nitro groups is 1. The third-order valence-corrected chi connectivity index (χ3v) is 7.28. The van der Waals surface area contributed by atoms with E-state index in [2.05, 4.69) is 19.2 Å². The van der Waals surface area contributed by atoms with Gasteiger partial charge in [0.15, 0.2) is 0 Å². The number of nitrogens with zero attached hydrogens (tertiary/aromatic N) is 2. The van der Waals surface area contributed by atoms with Crippen molar-refractivity contribution in [3.63, 3.8) is 0 Å². The van der Waals surface area contributed by atoms with Crippen LogP contribution < -0.4 is 5.32 Å². The summed E-state index contributed by atoms with van der Waals surface area (Å²) >= 11 is 0. The Hall–Kier alpha value is -3.48. The smallest absolute Gasteiger partial charge is 0.270 e. The summed E-state index contributed by atoms with van der Waals surface area (Å²) in [4.78, 5) is 39.5. The molecule has 0 saturated carbocycles. The van der Waals surface area contributed by atoms with E-state index in [0.717, 1.165) is 38.5 Å². The second-order valence-electron chi connectivity index (χ2n) is 10.8. The van der Waals surface area contributed by atoms with Gasteiger partial charge in [0, 0.05) is 30.8 Å². The van der Waals surface area contributed by atoms with Crippen molar-refractivity contribution in [1.82, 2.24) is 10.2 Å². The van der Waals surface area contributed by atoms with Gasteiger partial charge in [-0.25, -0.2) is 0 Å². The van der Waals surface area contributed by atoms with Crippen LogP contribution in [0.1, 0.15) is 120 Å². The highest BCUT2D eigenvalue weighted by Crippen LogP contribution is 2.17. The van der Waals surface area contributed by atoms with E-state index < -0.39 is 4.92 Å². The van der Waals surface area contributed by atoms with E-state index in [4.69, 9.17) is 0 Å². The van der Waals surface area contributed by atoms with Gasteiger partial charge in [-0.3, -0.25) is 19.7 Å². The van der Waals surface area contributed by atoms with Gasteiger partial charge < -0.3 is 10.2 Å². The second-order valence-corrected chi connectivity index (χ2v) is 10.8. The number of nitro benzene ring substituents is 1. The van der Waals surface area contributed by atoms with Crippen LogP contribution in [0, 0.1) is 10.1 Å². The first kappa shape index (κ1) is 33.7. The standard InChI is InChI=1S/C34H49N3O4/c1-3-5-7-9-11-13-18-26-36(27-19-14-12-10-8-6-4-2)34(39)32(35-33(38)30-20-16-15-17-21-30)28-29-22-24-31(25-23-29)37(40)41/h15-17,20-25,28H,3-14,18-19,26-27H2,1-2H3,(H,35,38)/b32-28-. The Morgan fingerprint density at radius 1 is 0.732 bits per heavy atom. The molecule has 1 N–H and O–H groups in total. The minimum atomic E-state index is -0.455. The molecule has 2 aromatic rings. The highest BCUT2D eigenvalue weighted by Gasteiger charge is 2.21. The summed E-state index contributed by atoms with van der Waals surface area (Å²) in [6, 6.07) is 14.8. The Labute approximate surface area is 246 Å². The zero-order valence-corrected chi connectivity index (χ0v) is 25.1. The molecule has 0 unspecified atom stereocenters. The summed E-state index contributed by atoms with van der Waals surface area (Å²) in [5.41, 5.74) is 1.22. The van der Waals surface area contributed by atoms with Crippen molar-refractivity contribution < 1.29 is 14.5 Å². The zero-order chi connectivity index (χ0) is 29.7. The summed E-state index contributed by atoms with van der Waals surface area (Å²) in [5.74, 6) is -0.580. The fourth-order valence-corrected chi connectivity index (χ4v) is 4.80. The van der Waals surface area contributed by atoms with E-state index in [9.17, 15) is 19.7 Å². The topological polar surface area (TPSA) is 92.6 Å². The molecule has 0 heterocycles. The molecule has 2 amide bonds. The molecule has 7 heteroatoms. The van der Waals surface area contributed by atoms with E-state index in [-0.39, 0.29) is 23.2 Å². The van der Waals surface area contributed by atoms with Crippen LogP contribution in [-0.2, 0) is 4.79 Å². The van der Waals surface area contributed by atoms with Gasteiger partial charge >= 0.3 is 0 Å². The van der Waals surface area contributed by atoms with Gasteiger partial charge in [0.25, 0.3) is 17.5 Å². The number of carbonyl (C=O) groups excluding carboxylic acids is 2. The maximum Gasteiger partial charge on any atom is 0.270 e. The molecule has 0 atom stereocenters. The van der Waals surface area contributed by atoms with Crippen molar-refractivity contribution in [3.8, 4) is 0 Å². The van der Waals surface area contributed by atoms with Gasteiger partial charge in [-0.1, -0.05) is 109 Å². The number of non-ortho nitro benzene ring substituents is 1. The third kappa shape index (κ3) is 13.6. The molecule has 2 aromatic carbocycles. The van der Waals surface area contributed by atoms with Crippen LogP contribution in [0.4, 0.5) is 5.69 Å². The number of carbonyl (C=O) groups is 2. The van der Waals surface area contributed by atoms with E-state index >= 15 is 0 Å². The predicted octanol–water partition coefficient (Wildman–Crippen LogP) is 8.70. The Kier molecular flexibility index (Phi) is 16.8. The molecule has 0 bridgehead atoms. The number of nitrogens with one attached hydrogen (secondary N) is 1. The van der Waals surface area contributed by atoms with Crippen LogP contribution in [0.25, 0.3) is 6.08 Å². The summed E-state index contributed by atoms with van der Waals surface area (Å²) in [7, 11) is 0. The van der Waals surface area contributed by atoms with Crippen molar-refractivity contribution in [1.29, 1.82) is 0 Å². The normalized spacial score (nSPS) is 11.3. The minimum absolute atomic E-state index is 0.0251. The van der Waals surface area contributed by atoms with Crippen molar-refractivity contribution in [2.24, 2.45) is 0 Å². The average molecular weight is 564 g/mol. The monoisotopic (exact) mass is 563 g/mol. The average Bonchev–Trinajstić information content (AvgIpc) is 2.99. The molecular formula is C34H49N3O4. The highest BCUT2D eigenvalue weighted by atomic mass is 16.6. The highest BCUT2D eigenvalue weighted by molar-refractivity contribution is 6.05. The molecule has 0 fully saturated rings. The first-order chi connectivity index (χ1) is 20.0.